The molecule has 0 aliphatic carbocycles. The van der Waals surface area contributed by atoms with E-state index in [2.05, 4.69) is 21.7 Å². The Balaban J connectivity index is 1.21. The van der Waals surface area contributed by atoms with E-state index in [0.717, 1.165) is 39.0 Å². The molecule has 0 saturated carbocycles. The molecular formula is C27H35N5O6. The van der Waals surface area contributed by atoms with Crippen molar-refractivity contribution in [1.29, 1.82) is 0 Å². The van der Waals surface area contributed by atoms with Crippen LogP contribution in [0.15, 0.2) is 52.3 Å². The van der Waals surface area contributed by atoms with Crippen molar-refractivity contribution >= 4 is 29.5 Å². The number of ether oxygens (including phenoxy) is 2. The van der Waals surface area contributed by atoms with Gasteiger partial charge in [-0.15, -0.1) is 0 Å². The predicted octanol–water partition coefficient (Wildman–Crippen LogP) is 2.50. The number of piperazine rings is 1. The molecule has 38 heavy (non-hydrogen) atoms. The second-order valence-corrected chi connectivity index (χ2v) is 9.44. The van der Waals surface area contributed by atoms with E-state index in [1.54, 1.807) is 29.2 Å². The molecule has 1 unspecified atom stereocenters. The van der Waals surface area contributed by atoms with Gasteiger partial charge in [-0.1, -0.05) is 13.3 Å². The minimum absolute atomic E-state index is 0.0807. The monoisotopic (exact) mass is 525 g/mol. The van der Waals surface area contributed by atoms with E-state index in [1.807, 2.05) is 0 Å². The van der Waals surface area contributed by atoms with Crippen LogP contribution in [0.5, 0.6) is 0 Å². The van der Waals surface area contributed by atoms with E-state index in [-0.39, 0.29) is 24.0 Å². The molecule has 11 nitrogen and oxygen atoms in total. The average Bonchev–Trinajstić information content (AvgIpc) is 3.59. The van der Waals surface area contributed by atoms with Gasteiger partial charge in [0, 0.05) is 50.5 Å². The van der Waals surface area contributed by atoms with Crippen molar-refractivity contribution < 1.29 is 28.3 Å². The van der Waals surface area contributed by atoms with E-state index in [0.29, 0.717) is 49.5 Å². The molecule has 204 valence electrons. The summed E-state index contributed by atoms with van der Waals surface area (Å²) in [4.78, 5) is 46.5. The van der Waals surface area contributed by atoms with Crippen LogP contribution in [0.3, 0.4) is 0 Å². The summed E-state index contributed by atoms with van der Waals surface area (Å²) in [5.74, 6) is -0.543. The number of esters is 1. The third-order valence-electron chi connectivity index (χ3n) is 6.66. The Hall–Kier alpha value is -3.70. The second kappa shape index (κ2) is 13.2. The summed E-state index contributed by atoms with van der Waals surface area (Å²) in [5, 5.41) is 0. The Bertz CT molecular complexity index is 1110. The van der Waals surface area contributed by atoms with Gasteiger partial charge >= 0.3 is 12.1 Å². The van der Waals surface area contributed by atoms with Crippen molar-refractivity contribution in [3.63, 3.8) is 0 Å². The first-order chi connectivity index (χ1) is 18.4. The van der Waals surface area contributed by atoms with Gasteiger partial charge in [0.1, 0.15) is 18.2 Å². The summed E-state index contributed by atoms with van der Waals surface area (Å²) in [7, 11) is 0. The first-order valence-corrected chi connectivity index (χ1v) is 13.0. The summed E-state index contributed by atoms with van der Waals surface area (Å²) >= 11 is 0. The van der Waals surface area contributed by atoms with Gasteiger partial charge in [0.05, 0.1) is 31.4 Å². The van der Waals surface area contributed by atoms with Crippen LogP contribution in [0.1, 0.15) is 42.1 Å². The van der Waals surface area contributed by atoms with Gasteiger partial charge < -0.3 is 24.5 Å². The van der Waals surface area contributed by atoms with Crippen molar-refractivity contribution in [1.82, 2.24) is 9.80 Å². The van der Waals surface area contributed by atoms with Crippen molar-refractivity contribution in [3.8, 4) is 0 Å². The molecule has 0 radical (unpaired) electrons. The number of nitrogens with zero attached hydrogens (tertiary/aromatic N) is 4. The molecule has 2 amide bonds. The number of furan rings is 1. The van der Waals surface area contributed by atoms with E-state index < -0.39 is 5.91 Å². The standard InChI is InChI=1S/C27H35N5O6/c1-2-3-15-37-24(33)8-10-30-11-13-31(14-12-30)17-23-18-32(27(35)38-23)22-6-4-20(5-7-22)25(28)29-26(34)21-9-16-36-19-21/h4-7,9,16,19,23H,2-3,8,10-15,17-18H2,1H3,(H2,28,29,34). The maximum atomic E-state index is 12.5. The molecule has 2 aromatic rings. The maximum Gasteiger partial charge on any atom is 0.414 e. The third-order valence-corrected chi connectivity index (χ3v) is 6.66. The fourth-order valence-corrected chi connectivity index (χ4v) is 4.40. The van der Waals surface area contributed by atoms with Crippen LogP contribution in [0.4, 0.5) is 10.5 Å². The summed E-state index contributed by atoms with van der Waals surface area (Å²) in [6, 6.07) is 8.48. The highest BCUT2D eigenvalue weighted by Crippen LogP contribution is 2.23. The van der Waals surface area contributed by atoms with E-state index in [1.165, 1.54) is 18.6 Å². The Morgan fingerprint density at radius 2 is 1.82 bits per heavy atom. The molecule has 1 aromatic heterocycles. The van der Waals surface area contributed by atoms with E-state index in [4.69, 9.17) is 19.6 Å². The summed E-state index contributed by atoms with van der Waals surface area (Å²) < 4.78 is 15.8. The maximum absolute atomic E-state index is 12.5. The number of carbonyl (C=O) groups excluding carboxylic acids is 3. The first kappa shape index (κ1) is 27.3. The summed E-state index contributed by atoms with van der Waals surface area (Å²) in [5.41, 5.74) is 7.56. The van der Waals surface area contributed by atoms with Crippen LogP contribution in [-0.4, -0.2) is 92.1 Å². The fourth-order valence-electron chi connectivity index (χ4n) is 4.40. The molecule has 1 aromatic carbocycles. The highest BCUT2D eigenvalue weighted by Gasteiger charge is 2.34. The number of unbranched alkanes of at least 4 members (excludes halogenated alkanes) is 1. The molecule has 3 heterocycles. The number of benzene rings is 1. The molecule has 2 N–H and O–H groups in total. The zero-order valence-electron chi connectivity index (χ0n) is 21.7. The van der Waals surface area contributed by atoms with Crippen molar-refractivity contribution in [2.75, 3.05) is 57.3 Å². The highest BCUT2D eigenvalue weighted by molar-refractivity contribution is 6.08. The Kier molecular flexibility index (Phi) is 9.50. The largest absolute Gasteiger partial charge is 0.472 e. The molecule has 1 atom stereocenters. The summed E-state index contributed by atoms with van der Waals surface area (Å²) in [6.45, 7) is 7.80. The minimum Gasteiger partial charge on any atom is -0.472 e. The number of hydrogen-bond donors (Lipinski definition) is 1. The fraction of sp³-hybridized carbons (Fsp3) is 0.481. The zero-order valence-corrected chi connectivity index (χ0v) is 21.7. The first-order valence-electron chi connectivity index (χ1n) is 13.0. The topological polar surface area (TPSA) is 131 Å². The number of hydrogen-bond acceptors (Lipinski definition) is 8. The van der Waals surface area contributed by atoms with Crippen LogP contribution >= 0.6 is 0 Å². The number of cyclic esters (lactones) is 1. The number of amidine groups is 1. The molecule has 11 heteroatoms. The summed E-state index contributed by atoms with van der Waals surface area (Å²) in [6.07, 6.45) is 4.41. The molecular weight excluding hydrogens is 490 g/mol. The number of carbonyl (C=O) groups is 3. The molecule has 4 rings (SSSR count). The van der Waals surface area contributed by atoms with Gasteiger partial charge in [0.2, 0.25) is 0 Å². The lowest BCUT2D eigenvalue weighted by Gasteiger charge is -2.35. The van der Waals surface area contributed by atoms with Gasteiger partial charge in [0.15, 0.2) is 0 Å². The van der Waals surface area contributed by atoms with Gasteiger partial charge in [0.25, 0.3) is 5.91 Å². The normalized spacial score (nSPS) is 19.0. The number of amides is 2. The van der Waals surface area contributed by atoms with Gasteiger partial charge in [-0.2, -0.15) is 4.99 Å². The minimum atomic E-state index is -0.489. The average molecular weight is 526 g/mol. The highest BCUT2D eigenvalue weighted by atomic mass is 16.6. The number of nitrogens with two attached hydrogens (primary N) is 1. The molecule has 0 spiro atoms. The SMILES string of the molecule is CCCCOC(=O)CCN1CCN(CC2CN(c3ccc(C(N)=NC(=O)c4ccoc4)cc3)C(=O)O2)CC1. The predicted molar refractivity (Wildman–Crippen MR) is 141 cm³/mol. The lowest BCUT2D eigenvalue weighted by atomic mass is 10.1. The molecule has 2 saturated heterocycles. The number of rotatable bonds is 11. The van der Waals surface area contributed by atoms with Crippen LogP contribution in [0.2, 0.25) is 0 Å². The van der Waals surface area contributed by atoms with E-state index in [9.17, 15) is 14.4 Å². The van der Waals surface area contributed by atoms with Gasteiger partial charge in [-0.05, 0) is 36.8 Å². The van der Waals surface area contributed by atoms with Crippen LogP contribution in [-0.2, 0) is 14.3 Å². The third kappa shape index (κ3) is 7.42. The Labute approximate surface area is 222 Å². The quantitative estimate of drug-likeness (QED) is 0.203. The van der Waals surface area contributed by atoms with Gasteiger partial charge in [-0.25, -0.2) is 4.79 Å². The number of aliphatic imine (C=N–C) groups is 1. The lowest BCUT2D eigenvalue weighted by Crippen LogP contribution is -2.49. The van der Waals surface area contributed by atoms with Crippen molar-refractivity contribution in [2.45, 2.75) is 32.3 Å². The Morgan fingerprint density at radius 3 is 2.50 bits per heavy atom. The molecule has 2 aliphatic rings. The van der Waals surface area contributed by atoms with Crippen LogP contribution < -0.4 is 10.6 Å². The van der Waals surface area contributed by atoms with Crippen LogP contribution in [0, 0.1) is 0 Å². The lowest BCUT2D eigenvalue weighted by molar-refractivity contribution is -0.144. The molecule has 2 fully saturated rings. The van der Waals surface area contributed by atoms with Crippen molar-refractivity contribution in [3.05, 3.63) is 54.0 Å². The van der Waals surface area contributed by atoms with Crippen molar-refractivity contribution in [2.24, 2.45) is 10.7 Å². The van der Waals surface area contributed by atoms with E-state index >= 15 is 0 Å². The molecule has 2 aliphatic heterocycles. The number of anilines is 1. The smallest absolute Gasteiger partial charge is 0.414 e. The second-order valence-electron chi connectivity index (χ2n) is 9.44. The van der Waals surface area contributed by atoms with Gasteiger partial charge in [-0.3, -0.25) is 19.4 Å². The zero-order chi connectivity index (χ0) is 26.9. The van der Waals surface area contributed by atoms with Crippen LogP contribution in [0.25, 0.3) is 0 Å². The Morgan fingerprint density at radius 1 is 1.08 bits per heavy atom. The molecule has 0 bridgehead atoms.